The van der Waals surface area contributed by atoms with Crippen LogP contribution in [-0.4, -0.2) is 82.6 Å². The number of amides is 1. The van der Waals surface area contributed by atoms with Crippen molar-refractivity contribution >= 4 is 39.2 Å². The number of carbonyl (C=O) groups is 1. The maximum absolute atomic E-state index is 12.6. The summed E-state index contributed by atoms with van der Waals surface area (Å²) in [6.45, 7) is 7.79. The molecular formula is C34H38N8O. The Balaban J connectivity index is 1.29. The minimum atomic E-state index is -0.137. The first-order chi connectivity index (χ1) is 21.0. The minimum Gasteiger partial charge on any atom is -0.365 e. The van der Waals surface area contributed by atoms with Gasteiger partial charge in [0.15, 0.2) is 5.82 Å². The Kier molecular flexibility index (Phi) is 7.02. The molecule has 2 atom stereocenters. The van der Waals surface area contributed by atoms with Crippen LogP contribution in [0.4, 0.5) is 11.5 Å². The van der Waals surface area contributed by atoms with E-state index in [1.165, 1.54) is 33.6 Å². The number of pyridine rings is 1. The number of fused-ring (bicyclic) bond motifs is 4. The van der Waals surface area contributed by atoms with Gasteiger partial charge in [0.1, 0.15) is 5.52 Å². The number of rotatable bonds is 6. The van der Waals surface area contributed by atoms with Crippen LogP contribution in [0.5, 0.6) is 0 Å². The second-order valence-electron chi connectivity index (χ2n) is 12.3. The van der Waals surface area contributed by atoms with E-state index in [0.717, 1.165) is 62.5 Å². The average molecular weight is 575 g/mol. The first kappa shape index (κ1) is 27.4. The summed E-state index contributed by atoms with van der Waals surface area (Å²) in [5.74, 6) is 0.873. The van der Waals surface area contributed by atoms with E-state index in [1.54, 1.807) is 0 Å². The van der Waals surface area contributed by atoms with Gasteiger partial charge in [0.05, 0.1) is 36.6 Å². The summed E-state index contributed by atoms with van der Waals surface area (Å²) in [4.78, 5) is 31.8. The molecule has 220 valence electrons. The summed E-state index contributed by atoms with van der Waals surface area (Å²) in [5, 5.41) is 12.1. The van der Waals surface area contributed by atoms with Gasteiger partial charge in [0, 0.05) is 60.9 Å². The third-order valence-corrected chi connectivity index (χ3v) is 9.72. The lowest BCUT2D eigenvalue weighted by molar-refractivity contribution is -0.130. The zero-order valence-electron chi connectivity index (χ0n) is 25.0. The van der Waals surface area contributed by atoms with Crippen molar-refractivity contribution in [2.45, 2.75) is 50.4 Å². The van der Waals surface area contributed by atoms with Crippen molar-refractivity contribution in [1.82, 2.24) is 24.3 Å². The highest BCUT2D eigenvalue weighted by Gasteiger charge is 2.36. The summed E-state index contributed by atoms with van der Waals surface area (Å²) in [6, 6.07) is 18.0. The monoisotopic (exact) mass is 574 g/mol. The molecule has 9 heteroatoms. The molecule has 3 aliphatic rings. The summed E-state index contributed by atoms with van der Waals surface area (Å²) in [5.41, 5.74) is 5.78. The molecule has 3 aliphatic heterocycles. The first-order valence-electron chi connectivity index (χ1n) is 15.3. The van der Waals surface area contributed by atoms with Gasteiger partial charge in [0.25, 0.3) is 0 Å². The zero-order valence-corrected chi connectivity index (χ0v) is 25.0. The molecule has 9 nitrogen and oxygen atoms in total. The Labute approximate surface area is 252 Å². The zero-order chi connectivity index (χ0) is 29.7. The van der Waals surface area contributed by atoms with Crippen LogP contribution in [0.25, 0.3) is 21.8 Å². The van der Waals surface area contributed by atoms with Crippen molar-refractivity contribution in [3.63, 3.8) is 0 Å². The van der Waals surface area contributed by atoms with E-state index < -0.39 is 0 Å². The van der Waals surface area contributed by atoms with Crippen molar-refractivity contribution in [3.05, 3.63) is 72.7 Å². The second-order valence-corrected chi connectivity index (χ2v) is 12.3. The van der Waals surface area contributed by atoms with Crippen molar-refractivity contribution in [2.24, 2.45) is 0 Å². The number of hydrogen-bond donors (Lipinski definition) is 0. The van der Waals surface area contributed by atoms with E-state index >= 15 is 0 Å². The van der Waals surface area contributed by atoms with Crippen LogP contribution in [0.15, 0.2) is 61.4 Å². The van der Waals surface area contributed by atoms with E-state index in [4.69, 9.17) is 9.97 Å². The van der Waals surface area contributed by atoms with Crippen LogP contribution < -0.4 is 9.80 Å². The molecule has 7 rings (SSSR count). The topological polar surface area (TPSA) is 84.5 Å². The standard InChI is InChI=1S/C34H38N8O/c1-4-31(43)41-17-13-25(18-24(41)12-15-35)42-22-36-32-33(42)28-14-16-39(30-11-7-9-23-8-5-6-10-27(23)30)21-29(28)37-34(32)40-19-26(20-40)38(2)3/h4-11,22,24-26H,1,12-14,16-21H2,2-3H3/t24-,25+/m1/s1. The number of benzene rings is 2. The van der Waals surface area contributed by atoms with Crippen molar-refractivity contribution in [1.29, 1.82) is 5.26 Å². The fraction of sp³-hybridized carbons (Fsp3) is 0.412. The fourth-order valence-electron chi connectivity index (χ4n) is 7.24. The molecule has 5 heterocycles. The minimum absolute atomic E-state index is 0.0974. The predicted molar refractivity (Wildman–Crippen MR) is 170 cm³/mol. The summed E-state index contributed by atoms with van der Waals surface area (Å²) in [7, 11) is 4.27. The SMILES string of the molecule is C=CC(=O)N1CC[C@H](n2cnc3c(N4CC(N(C)C)C4)nc4c(c32)CCN(c2cccc3ccccc23)C4)C[C@H]1CC#N. The van der Waals surface area contributed by atoms with Gasteiger partial charge in [-0.2, -0.15) is 5.26 Å². The highest BCUT2D eigenvalue weighted by Crippen LogP contribution is 2.39. The molecule has 2 saturated heterocycles. The normalized spacial score (nSPS) is 20.7. The number of likely N-dealkylation sites (N-methyl/N-ethyl adjacent to an activating group) is 1. The molecule has 0 saturated carbocycles. The Morgan fingerprint density at radius 2 is 1.95 bits per heavy atom. The molecule has 4 aromatic rings. The number of imidazole rings is 1. The molecular weight excluding hydrogens is 536 g/mol. The Bertz CT molecular complexity index is 1740. The van der Waals surface area contributed by atoms with Gasteiger partial charge >= 0.3 is 0 Å². The van der Waals surface area contributed by atoms with Crippen molar-refractivity contribution in [2.75, 3.05) is 50.1 Å². The van der Waals surface area contributed by atoms with Crippen LogP contribution in [0.2, 0.25) is 0 Å². The number of hydrogen-bond acceptors (Lipinski definition) is 7. The maximum atomic E-state index is 12.6. The van der Waals surface area contributed by atoms with Crippen LogP contribution in [0.3, 0.4) is 0 Å². The second kappa shape index (κ2) is 11.0. The number of likely N-dealkylation sites (tertiary alicyclic amines) is 1. The fourth-order valence-corrected chi connectivity index (χ4v) is 7.24. The van der Waals surface area contributed by atoms with E-state index in [0.29, 0.717) is 19.0 Å². The molecule has 0 aliphatic carbocycles. The lowest BCUT2D eigenvalue weighted by Gasteiger charge is -2.44. The van der Waals surface area contributed by atoms with Gasteiger partial charge in [-0.3, -0.25) is 4.79 Å². The molecule has 2 aromatic heterocycles. The Morgan fingerprint density at radius 1 is 1.14 bits per heavy atom. The summed E-state index contributed by atoms with van der Waals surface area (Å²) >= 11 is 0. The third kappa shape index (κ3) is 4.70. The van der Waals surface area contributed by atoms with Gasteiger partial charge < -0.3 is 24.2 Å². The number of piperidine rings is 1. The quantitative estimate of drug-likeness (QED) is 0.313. The van der Waals surface area contributed by atoms with Gasteiger partial charge in [-0.1, -0.05) is 43.0 Å². The van der Waals surface area contributed by atoms with Gasteiger partial charge in [0.2, 0.25) is 5.91 Å². The summed E-state index contributed by atoms with van der Waals surface area (Å²) < 4.78 is 2.34. The summed E-state index contributed by atoms with van der Waals surface area (Å²) in [6.07, 6.45) is 6.07. The molecule has 0 bridgehead atoms. The molecule has 2 fully saturated rings. The largest absolute Gasteiger partial charge is 0.365 e. The van der Waals surface area contributed by atoms with Crippen LogP contribution in [0.1, 0.15) is 36.6 Å². The van der Waals surface area contributed by atoms with E-state index in [-0.39, 0.29) is 18.0 Å². The number of nitriles is 1. The highest BCUT2D eigenvalue weighted by atomic mass is 16.2. The number of anilines is 2. The van der Waals surface area contributed by atoms with Crippen LogP contribution in [-0.2, 0) is 17.8 Å². The first-order valence-corrected chi connectivity index (χ1v) is 15.3. The van der Waals surface area contributed by atoms with Crippen LogP contribution in [0, 0.1) is 11.3 Å². The average Bonchev–Trinajstić information content (AvgIpc) is 3.45. The molecule has 0 spiro atoms. The van der Waals surface area contributed by atoms with Crippen LogP contribution >= 0.6 is 0 Å². The molecule has 2 aromatic carbocycles. The number of carbonyl (C=O) groups excluding carboxylic acids is 1. The van der Waals surface area contributed by atoms with E-state index in [1.807, 2.05) is 11.2 Å². The Morgan fingerprint density at radius 3 is 2.74 bits per heavy atom. The number of aromatic nitrogens is 3. The Hall–Kier alpha value is -4.42. The smallest absolute Gasteiger partial charge is 0.246 e. The van der Waals surface area contributed by atoms with Gasteiger partial charge in [-0.05, 0) is 50.9 Å². The van der Waals surface area contributed by atoms with Crippen molar-refractivity contribution < 1.29 is 4.79 Å². The molecule has 0 unspecified atom stereocenters. The molecule has 43 heavy (non-hydrogen) atoms. The molecule has 0 radical (unpaired) electrons. The maximum Gasteiger partial charge on any atom is 0.246 e. The third-order valence-electron chi connectivity index (χ3n) is 9.72. The van der Waals surface area contributed by atoms with Gasteiger partial charge in [-0.15, -0.1) is 0 Å². The highest BCUT2D eigenvalue weighted by molar-refractivity contribution is 5.95. The molecule has 1 amide bonds. The number of nitrogens with zero attached hydrogens (tertiary/aromatic N) is 8. The predicted octanol–water partition coefficient (Wildman–Crippen LogP) is 4.53. The van der Waals surface area contributed by atoms with Crippen molar-refractivity contribution in [3.8, 4) is 6.07 Å². The van der Waals surface area contributed by atoms with E-state index in [2.05, 4.69) is 88.5 Å². The lowest BCUT2D eigenvalue weighted by atomic mass is 9.94. The van der Waals surface area contributed by atoms with E-state index in [9.17, 15) is 10.1 Å². The van der Waals surface area contributed by atoms with Gasteiger partial charge in [-0.25, -0.2) is 9.97 Å². The lowest BCUT2D eigenvalue weighted by Crippen LogP contribution is -2.58. The molecule has 0 N–H and O–H groups in total.